The second-order valence-electron chi connectivity index (χ2n) is 8.40. The Labute approximate surface area is 195 Å². The van der Waals surface area contributed by atoms with Crippen LogP contribution in [0.2, 0.25) is 0 Å². The van der Waals surface area contributed by atoms with E-state index in [9.17, 15) is 13.2 Å². The minimum atomic E-state index is -3.52. The van der Waals surface area contributed by atoms with Gasteiger partial charge >= 0.3 is 0 Å². The van der Waals surface area contributed by atoms with Crippen molar-refractivity contribution >= 4 is 33.3 Å². The highest BCUT2D eigenvalue weighted by molar-refractivity contribution is 7.89. The van der Waals surface area contributed by atoms with Crippen molar-refractivity contribution in [2.24, 2.45) is 5.92 Å². The third-order valence-corrected chi connectivity index (χ3v) is 7.85. The Kier molecular flexibility index (Phi) is 7.06. The summed E-state index contributed by atoms with van der Waals surface area (Å²) < 4.78 is 27.5. The molecule has 170 valence electrons. The van der Waals surface area contributed by atoms with Crippen molar-refractivity contribution in [2.75, 3.05) is 18.4 Å². The average Bonchev–Trinajstić information content (AvgIpc) is 2.84. The molecule has 3 aromatic carbocycles. The molecule has 1 N–H and O–H groups in total. The monoisotopic (exact) mass is 460 g/mol. The lowest BCUT2D eigenvalue weighted by Gasteiger charge is -2.29. The molecule has 4 rings (SSSR count). The van der Waals surface area contributed by atoms with Crippen LogP contribution in [0.1, 0.15) is 30.9 Å². The van der Waals surface area contributed by atoms with Gasteiger partial charge < -0.3 is 5.32 Å². The average molecular weight is 461 g/mol. The lowest BCUT2D eigenvalue weighted by atomic mass is 10.0. The van der Waals surface area contributed by atoms with Crippen LogP contribution in [0.4, 0.5) is 5.69 Å². The van der Waals surface area contributed by atoms with Crippen molar-refractivity contribution in [3.63, 3.8) is 0 Å². The van der Waals surface area contributed by atoms with Crippen LogP contribution in [0.5, 0.6) is 0 Å². The first-order chi connectivity index (χ1) is 15.9. The molecule has 0 saturated carbocycles. The first-order valence-corrected chi connectivity index (χ1v) is 12.6. The Morgan fingerprint density at radius 3 is 2.06 bits per heavy atom. The van der Waals surface area contributed by atoms with Gasteiger partial charge in [0.05, 0.1) is 4.90 Å². The van der Waals surface area contributed by atoms with E-state index in [0.29, 0.717) is 30.3 Å². The number of hydrogen-bond donors (Lipinski definition) is 1. The lowest BCUT2D eigenvalue weighted by Crippen LogP contribution is -2.37. The molecule has 1 aliphatic rings. The summed E-state index contributed by atoms with van der Waals surface area (Å²) in [7, 11) is -3.52. The van der Waals surface area contributed by atoms with Gasteiger partial charge in [0.1, 0.15) is 0 Å². The molecule has 0 aliphatic carbocycles. The van der Waals surface area contributed by atoms with E-state index in [4.69, 9.17) is 0 Å². The van der Waals surface area contributed by atoms with Gasteiger partial charge in [0.15, 0.2) is 0 Å². The number of sulfonamides is 1. The standard InChI is InChI=1S/C27H28N2O3S/c1-21-16-18-29(19-17-21)33(31,32)25-14-12-24(13-15-25)28-27(30)26(23-10-6-3-7-11-23)20-22-8-4-2-5-9-22/h2-15,20-21H,16-19H2,1H3,(H,28,30). The normalized spacial score (nSPS) is 15.8. The van der Waals surface area contributed by atoms with Gasteiger partial charge in [-0.25, -0.2) is 8.42 Å². The minimum absolute atomic E-state index is 0.248. The van der Waals surface area contributed by atoms with Crippen molar-refractivity contribution < 1.29 is 13.2 Å². The van der Waals surface area contributed by atoms with Crippen molar-refractivity contribution in [1.29, 1.82) is 0 Å². The maximum Gasteiger partial charge on any atom is 0.256 e. The molecule has 1 saturated heterocycles. The number of benzene rings is 3. The molecule has 0 spiro atoms. The molecule has 0 bridgehead atoms. The van der Waals surface area contributed by atoms with Crippen molar-refractivity contribution in [2.45, 2.75) is 24.7 Å². The number of hydrogen-bond acceptors (Lipinski definition) is 3. The molecule has 5 nitrogen and oxygen atoms in total. The van der Waals surface area contributed by atoms with Crippen LogP contribution in [-0.2, 0) is 14.8 Å². The summed E-state index contributed by atoms with van der Waals surface area (Å²) in [5.41, 5.74) is 2.79. The summed E-state index contributed by atoms with van der Waals surface area (Å²) in [5, 5.41) is 2.91. The van der Waals surface area contributed by atoms with Crippen LogP contribution >= 0.6 is 0 Å². The topological polar surface area (TPSA) is 66.5 Å². The van der Waals surface area contributed by atoms with E-state index in [1.165, 1.54) is 0 Å². The molecule has 1 heterocycles. The van der Waals surface area contributed by atoms with Gasteiger partial charge in [-0.1, -0.05) is 67.6 Å². The fourth-order valence-corrected chi connectivity index (χ4v) is 5.37. The zero-order chi connectivity index (χ0) is 23.3. The van der Waals surface area contributed by atoms with Gasteiger partial charge in [0.2, 0.25) is 10.0 Å². The number of anilines is 1. The lowest BCUT2D eigenvalue weighted by molar-refractivity contribution is -0.111. The molecule has 0 aromatic heterocycles. The van der Waals surface area contributed by atoms with E-state index in [-0.39, 0.29) is 10.8 Å². The third-order valence-electron chi connectivity index (χ3n) is 5.93. The molecule has 1 aliphatic heterocycles. The van der Waals surface area contributed by atoms with E-state index < -0.39 is 10.0 Å². The van der Waals surface area contributed by atoms with Gasteiger partial charge in [0.25, 0.3) is 5.91 Å². The van der Waals surface area contributed by atoms with Gasteiger partial charge in [-0.2, -0.15) is 4.31 Å². The molecule has 1 fully saturated rings. The van der Waals surface area contributed by atoms with Crippen LogP contribution in [0.3, 0.4) is 0 Å². The SMILES string of the molecule is CC1CCN(S(=O)(=O)c2ccc(NC(=O)C(=Cc3ccccc3)c3ccccc3)cc2)CC1. The minimum Gasteiger partial charge on any atom is -0.322 e. The number of carbonyl (C=O) groups is 1. The summed E-state index contributed by atoms with van der Waals surface area (Å²) in [5.74, 6) is 0.294. The molecule has 0 unspecified atom stereocenters. The Hall–Kier alpha value is -3.22. The van der Waals surface area contributed by atoms with E-state index in [1.807, 2.05) is 66.7 Å². The molecule has 0 radical (unpaired) electrons. The Morgan fingerprint density at radius 1 is 0.879 bits per heavy atom. The van der Waals surface area contributed by atoms with Crippen LogP contribution in [0.25, 0.3) is 11.6 Å². The Morgan fingerprint density at radius 2 is 1.45 bits per heavy atom. The maximum absolute atomic E-state index is 13.2. The van der Waals surface area contributed by atoms with Gasteiger partial charge in [-0.05, 0) is 60.2 Å². The highest BCUT2D eigenvalue weighted by Gasteiger charge is 2.28. The number of piperidine rings is 1. The molecule has 6 heteroatoms. The number of nitrogens with zero attached hydrogens (tertiary/aromatic N) is 1. The first kappa shape index (κ1) is 23.0. The zero-order valence-electron chi connectivity index (χ0n) is 18.6. The number of carbonyl (C=O) groups excluding carboxylic acids is 1. The van der Waals surface area contributed by atoms with E-state index in [1.54, 1.807) is 28.6 Å². The highest BCUT2D eigenvalue weighted by atomic mass is 32.2. The van der Waals surface area contributed by atoms with Gasteiger partial charge in [0, 0.05) is 24.4 Å². The first-order valence-electron chi connectivity index (χ1n) is 11.2. The zero-order valence-corrected chi connectivity index (χ0v) is 19.5. The predicted molar refractivity (Wildman–Crippen MR) is 133 cm³/mol. The summed E-state index contributed by atoms with van der Waals surface area (Å²) >= 11 is 0. The molecule has 1 amide bonds. The summed E-state index contributed by atoms with van der Waals surface area (Å²) in [6.07, 6.45) is 3.60. The van der Waals surface area contributed by atoms with Crippen molar-refractivity contribution in [3.05, 3.63) is 96.1 Å². The molecular formula is C27H28N2O3S. The van der Waals surface area contributed by atoms with E-state index in [2.05, 4.69) is 12.2 Å². The van der Waals surface area contributed by atoms with Gasteiger partial charge in [-0.3, -0.25) is 4.79 Å². The van der Waals surface area contributed by atoms with Crippen LogP contribution in [0, 0.1) is 5.92 Å². The number of rotatable bonds is 6. The quantitative estimate of drug-likeness (QED) is 0.402. The highest BCUT2D eigenvalue weighted by Crippen LogP contribution is 2.25. The Bertz CT molecular complexity index is 1210. The molecule has 3 aromatic rings. The number of amides is 1. The van der Waals surface area contributed by atoms with E-state index >= 15 is 0 Å². The van der Waals surface area contributed by atoms with Gasteiger partial charge in [-0.15, -0.1) is 0 Å². The van der Waals surface area contributed by atoms with Crippen LogP contribution < -0.4 is 5.32 Å². The fraction of sp³-hybridized carbons (Fsp3) is 0.222. The summed E-state index contributed by atoms with van der Waals surface area (Å²) in [6, 6.07) is 25.5. The summed E-state index contributed by atoms with van der Waals surface area (Å²) in [6.45, 7) is 3.25. The van der Waals surface area contributed by atoms with Crippen LogP contribution in [0.15, 0.2) is 89.8 Å². The molecule has 0 atom stereocenters. The molecule has 33 heavy (non-hydrogen) atoms. The second-order valence-corrected chi connectivity index (χ2v) is 10.3. The third kappa shape index (κ3) is 5.59. The fourth-order valence-electron chi connectivity index (χ4n) is 3.90. The van der Waals surface area contributed by atoms with Crippen molar-refractivity contribution in [1.82, 2.24) is 4.31 Å². The maximum atomic E-state index is 13.2. The second kappa shape index (κ2) is 10.1. The number of nitrogens with one attached hydrogen (secondary N) is 1. The largest absolute Gasteiger partial charge is 0.322 e. The van der Waals surface area contributed by atoms with Crippen LogP contribution in [-0.4, -0.2) is 31.7 Å². The summed E-state index contributed by atoms with van der Waals surface area (Å²) in [4.78, 5) is 13.4. The predicted octanol–water partition coefficient (Wildman–Crippen LogP) is 5.29. The van der Waals surface area contributed by atoms with E-state index in [0.717, 1.165) is 24.0 Å². The molecular weight excluding hydrogens is 432 g/mol. The Balaban J connectivity index is 1.54. The van der Waals surface area contributed by atoms with Crippen molar-refractivity contribution in [3.8, 4) is 0 Å². The smallest absolute Gasteiger partial charge is 0.256 e.